The molecule has 1 rings (SSSR count). The first-order chi connectivity index (χ1) is 8.70. The summed E-state index contributed by atoms with van der Waals surface area (Å²) in [4.78, 5) is 46.8. The Balaban J connectivity index is 2.87. The van der Waals surface area contributed by atoms with Crippen molar-refractivity contribution in [3.8, 4) is 0 Å². The third kappa shape index (κ3) is 3.01. The normalized spacial score (nSPS) is 19.6. The molecular weight excluding hydrogens is 254 g/mol. The van der Waals surface area contributed by atoms with Crippen LogP contribution in [0.25, 0.3) is 0 Å². The summed E-state index contributed by atoms with van der Waals surface area (Å²) in [6.07, 6.45) is 0.204. The van der Waals surface area contributed by atoms with Gasteiger partial charge in [0.15, 0.2) is 0 Å². The van der Waals surface area contributed by atoms with E-state index in [2.05, 4.69) is 10.6 Å². The van der Waals surface area contributed by atoms with Gasteiger partial charge in [0.25, 0.3) is 5.91 Å². The Morgan fingerprint density at radius 2 is 2.05 bits per heavy atom. The molecule has 106 valence electrons. The van der Waals surface area contributed by atoms with Crippen molar-refractivity contribution in [3.63, 3.8) is 0 Å². The Hall–Kier alpha value is -2.12. The van der Waals surface area contributed by atoms with Crippen molar-refractivity contribution in [2.45, 2.75) is 38.8 Å². The highest BCUT2D eigenvalue weighted by Crippen LogP contribution is 2.18. The maximum atomic E-state index is 12.0. The largest absolute Gasteiger partial charge is 0.480 e. The number of urea groups is 1. The molecule has 4 amide bonds. The van der Waals surface area contributed by atoms with Gasteiger partial charge in [0.2, 0.25) is 5.91 Å². The summed E-state index contributed by atoms with van der Waals surface area (Å²) in [6, 6.07) is -1.80. The minimum Gasteiger partial charge on any atom is -0.480 e. The zero-order valence-corrected chi connectivity index (χ0v) is 11.0. The number of carbonyl (C=O) groups excluding carboxylic acids is 3. The van der Waals surface area contributed by atoms with Crippen molar-refractivity contribution < 1.29 is 24.3 Å². The summed E-state index contributed by atoms with van der Waals surface area (Å²) in [5, 5.41) is 13.3. The van der Waals surface area contributed by atoms with Crippen LogP contribution in [0.5, 0.6) is 0 Å². The lowest BCUT2D eigenvalue weighted by Crippen LogP contribution is -2.67. The number of imide groups is 1. The van der Waals surface area contributed by atoms with Crippen molar-refractivity contribution in [3.05, 3.63) is 0 Å². The fourth-order valence-electron chi connectivity index (χ4n) is 1.67. The standard InChI is InChI=1S/C11H17N3O5/c1-4-6(8(16)17)12-10(19)14-5-7(15)13-9(18)11(14,2)3/h6H,4-5H2,1-3H3,(H,12,19)(H,16,17)(H,13,15,18). The zero-order chi connectivity index (χ0) is 14.8. The number of nitrogens with zero attached hydrogens (tertiary/aromatic N) is 1. The quantitative estimate of drug-likeness (QED) is 0.587. The second-order valence-electron chi connectivity index (χ2n) is 4.77. The third-order valence-electron chi connectivity index (χ3n) is 3.03. The molecule has 1 saturated heterocycles. The van der Waals surface area contributed by atoms with Crippen molar-refractivity contribution in [2.24, 2.45) is 0 Å². The molecule has 1 aliphatic heterocycles. The van der Waals surface area contributed by atoms with Crippen LogP contribution in [0.15, 0.2) is 0 Å². The fourth-order valence-corrected chi connectivity index (χ4v) is 1.67. The van der Waals surface area contributed by atoms with Crippen LogP contribution in [0.2, 0.25) is 0 Å². The van der Waals surface area contributed by atoms with Crippen molar-refractivity contribution in [1.29, 1.82) is 0 Å². The van der Waals surface area contributed by atoms with Gasteiger partial charge in [-0.3, -0.25) is 14.9 Å². The summed E-state index contributed by atoms with van der Waals surface area (Å²) in [6.45, 7) is 4.28. The van der Waals surface area contributed by atoms with Gasteiger partial charge in [-0.1, -0.05) is 6.92 Å². The van der Waals surface area contributed by atoms with Gasteiger partial charge in [-0.15, -0.1) is 0 Å². The van der Waals surface area contributed by atoms with Gasteiger partial charge < -0.3 is 15.3 Å². The van der Waals surface area contributed by atoms with E-state index in [0.717, 1.165) is 4.90 Å². The van der Waals surface area contributed by atoms with Crippen molar-refractivity contribution in [2.75, 3.05) is 6.54 Å². The predicted molar refractivity (Wildman–Crippen MR) is 64.2 cm³/mol. The average molecular weight is 271 g/mol. The molecule has 0 saturated carbocycles. The fraction of sp³-hybridized carbons (Fsp3) is 0.636. The Morgan fingerprint density at radius 3 is 2.53 bits per heavy atom. The lowest BCUT2D eigenvalue weighted by atomic mass is 9.99. The minimum absolute atomic E-state index is 0.204. The smallest absolute Gasteiger partial charge is 0.326 e. The summed E-state index contributed by atoms with van der Waals surface area (Å²) in [5.41, 5.74) is -1.21. The van der Waals surface area contributed by atoms with Gasteiger partial charge in [-0.25, -0.2) is 9.59 Å². The maximum absolute atomic E-state index is 12.0. The lowest BCUT2D eigenvalue weighted by molar-refractivity contribution is -0.142. The molecule has 1 unspecified atom stereocenters. The second-order valence-corrected chi connectivity index (χ2v) is 4.77. The van der Waals surface area contributed by atoms with Gasteiger partial charge in [0.05, 0.1) is 0 Å². The van der Waals surface area contributed by atoms with E-state index in [0.29, 0.717) is 0 Å². The molecule has 1 heterocycles. The van der Waals surface area contributed by atoms with E-state index >= 15 is 0 Å². The minimum atomic E-state index is -1.21. The van der Waals surface area contributed by atoms with E-state index in [9.17, 15) is 19.2 Å². The SMILES string of the molecule is CCC(NC(=O)N1CC(=O)NC(=O)C1(C)C)C(=O)O. The molecular formula is C11H17N3O5. The number of rotatable bonds is 3. The molecule has 0 aliphatic carbocycles. The van der Waals surface area contributed by atoms with Crippen LogP contribution >= 0.6 is 0 Å². The van der Waals surface area contributed by atoms with Crippen LogP contribution in [-0.2, 0) is 14.4 Å². The number of aliphatic carboxylic acids is 1. The zero-order valence-electron chi connectivity index (χ0n) is 11.0. The molecule has 8 heteroatoms. The highest BCUT2D eigenvalue weighted by molar-refractivity contribution is 6.06. The molecule has 0 spiro atoms. The molecule has 1 aliphatic rings. The number of hydrogen-bond acceptors (Lipinski definition) is 4. The number of carbonyl (C=O) groups is 4. The first-order valence-corrected chi connectivity index (χ1v) is 5.85. The van der Waals surface area contributed by atoms with Crippen LogP contribution in [0, 0.1) is 0 Å². The molecule has 0 aromatic rings. The molecule has 19 heavy (non-hydrogen) atoms. The van der Waals surface area contributed by atoms with E-state index in [4.69, 9.17) is 5.11 Å². The molecule has 0 aromatic heterocycles. The van der Waals surface area contributed by atoms with Gasteiger partial charge in [0, 0.05) is 0 Å². The summed E-state index contributed by atoms with van der Waals surface area (Å²) < 4.78 is 0. The van der Waals surface area contributed by atoms with Crippen LogP contribution in [0.1, 0.15) is 27.2 Å². The molecule has 1 atom stereocenters. The van der Waals surface area contributed by atoms with Gasteiger partial charge in [0.1, 0.15) is 18.1 Å². The van der Waals surface area contributed by atoms with Crippen molar-refractivity contribution >= 4 is 23.8 Å². The van der Waals surface area contributed by atoms with Gasteiger partial charge >= 0.3 is 12.0 Å². The van der Waals surface area contributed by atoms with Gasteiger partial charge in [-0.05, 0) is 20.3 Å². The first-order valence-electron chi connectivity index (χ1n) is 5.85. The molecule has 0 bridgehead atoms. The number of carboxylic acid groups (broad SMARTS) is 1. The number of amides is 4. The topological polar surface area (TPSA) is 116 Å². The monoisotopic (exact) mass is 271 g/mol. The second kappa shape index (κ2) is 5.25. The van der Waals surface area contributed by atoms with E-state index in [1.807, 2.05) is 0 Å². The molecule has 1 fully saturated rings. The van der Waals surface area contributed by atoms with E-state index < -0.39 is 35.4 Å². The number of nitrogens with one attached hydrogen (secondary N) is 2. The predicted octanol–water partition coefficient (Wildman–Crippen LogP) is -0.704. The Labute approximate surface area is 110 Å². The van der Waals surface area contributed by atoms with Crippen molar-refractivity contribution in [1.82, 2.24) is 15.5 Å². The maximum Gasteiger partial charge on any atom is 0.326 e. The molecule has 3 N–H and O–H groups in total. The van der Waals surface area contributed by atoms with E-state index in [1.165, 1.54) is 13.8 Å². The number of carboxylic acids is 1. The molecule has 0 aromatic carbocycles. The van der Waals surface area contributed by atoms with Gasteiger partial charge in [-0.2, -0.15) is 0 Å². The number of hydrogen-bond donors (Lipinski definition) is 3. The van der Waals surface area contributed by atoms with Crippen LogP contribution in [0.3, 0.4) is 0 Å². The average Bonchev–Trinajstić information content (AvgIpc) is 2.30. The van der Waals surface area contributed by atoms with E-state index in [1.54, 1.807) is 6.92 Å². The first kappa shape index (κ1) is 14.9. The molecule has 0 radical (unpaired) electrons. The summed E-state index contributed by atoms with van der Waals surface area (Å²) in [7, 11) is 0. The lowest BCUT2D eigenvalue weighted by Gasteiger charge is -2.40. The highest BCUT2D eigenvalue weighted by Gasteiger charge is 2.44. The highest BCUT2D eigenvalue weighted by atomic mass is 16.4. The van der Waals surface area contributed by atoms with Crippen LogP contribution in [-0.4, -0.2) is 51.9 Å². The summed E-state index contributed by atoms with van der Waals surface area (Å²) in [5.74, 6) is -2.36. The Kier molecular flexibility index (Phi) is 4.13. The number of piperazine rings is 1. The Bertz CT molecular complexity index is 432. The van der Waals surface area contributed by atoms with Crippen LogP contribution in [0.4, 0.5) is 4.79 Å². The third-order valence-corrected chi connectivity index (χ3v) is 3.03. The van der Waals surface area contributed by atoms with Crippen LogP contribution < -0.4 is 10.6 Å². The van der Waals surface area contributed by atoms with E-state index in [-0.39, 0.29) is 13.0 Å². The Morgan fingerprint density at radius 1 is 1.47 bits per heavy atom. The molecule has 8 nitrogen and oxygen atoms in total. The summed E-state index contributed by atoms with van der Waals surface area (Å²) >= 11 is 0.